The van der Waals surface area contributed by atoms with Gasteiger partial charge in [-0.15, -0.1) is 5.10 Å². The van der Waals surface area contributed by atoms with E-state index in [-0.39, 0.29) is 24.1 Å². The third-order valence-electron chi connectivity index (χ3n) is 4.29. The van der Waals surface area contributed by atoms with Gasteiger partial charge in [0.2, 0.25) is 11.8 Å². The zero-order chi connectivity index (χ0) is 21.6. The summed E-state index contributed by atoms with van der Waals surface area (Å²) in [5.74, 6) is 0.157. The van der Waals surface area contributed by atoms with E-state index in [1.807, 2.05) is 18.2 Å². The summed E-state index contributed by atoms with van der Waals surface area (Å²) in [6.45, 7) is 0. The zero-order valence-corrected chi connectivity index (χ0v) is 16.9. The van der Waals surface area contributed by atoms with Crippen molar-refractivity contribution in [1.82, 2.24) is 5.32 Å². The summed E-state index contributed by atoms with van der Waals surface area (Å²) in [5, 5.41) is 13.0. The van der Waals surface area contributed by atoms with Crippen molar-refractivity contribution in [2.45, 2.75) is 11.7 Å². The molecule has 1 atom stereocenters. The quantitative estimate of drug-likeness (QED) is 0.450. The Balaban J connectivity index is 1.32. The van der Waals surface area contributed by atoms with Crippen LogP contribution in [0.25, 0.3) is 11.3 Å². The van der Waals surface area contributed by atoms with Crippen LogP contribution >= 0.6 is 11.8 Å². The van der Waals surface area contributed by atoms with E-state index in [2.05, 4.69) is 20.8 Å². The lowest BCUT2D eigenvalue weighted by atomic mass is 10.2. The van der Waals surface area contributed by atoms with Gasteiger partial charge in [0.05, 0.1) is 6.21 Å². The van der Waals surface area contributed by atoms with E-state index in [1.165, 1.54) is 18.3 Å². The number of anilines is 1. The number of hydrogen-bond donors (Lipinski definition) is 2. The molecule has 0 spiro atoms. The Bertz CT molecular complexity index is 1140. The van der Waals surface area contributed by atoms with Crippen molar-refractivity contribution in [3.8, 4) is 11.3 Å². The molecule has 1 fully saturated rings. The molecule has 2 heterocycles. The van der Waals surface area contributed by atoms with E-state index in [0.29, 0.717) is 22.4 Å². The second kappa shape index (κ2) is 9.40. The van der Waals surface area contributed by atoms with Gasteiger partial charge < -0.3 is 15.1 Å². The molecule has 156 valence electrons. The number of halogens is 1. The first-order valence-corrected chi connectivity index (χ1v) is 10.2. The van der Waals surface area contributed by atoms with E-state index in [4.69, 9.17) is 4.42 Å². The number of carbonyl (C=O) groups excluding carboxylic acids is 2. The molecular weight excluding hydrogens is 419 g/mol. The van der Waals surface area contributed by atoms with Gasteiger partial charge in [-0.25, -0.2) is 4.39 Å². The van der Waals surface area contributed by atoms with Crippen molar-refractivity contribution in [3.05, 3.63) is 78.3 Å². The summed E-state index contributed by atoms with van der Waals surface area (Å²) in [6.07, 6.45) is 1.43. The number of benzene rings is 2. The Hall–Kier alpha value is -3.72. The van der Waals surface area contributed by atoms with Crippen molar-refractivity contribution in [2.75, 3.05) is 5.32 Å². The van der Waals surface area contributed by atoms with Crippen LogP contribution < -0.4 is 10.6 Å². The Morgan fingerprint density at radius 1 is 1.13 bits per heavy atom. The fourth-order valence-corrected chi connectivity index (χ4v) is 3.74. The van der Waals surface area contributed by atoms with Crippen LogP contribution in [0.5, 0.6) is 0 Å². The van der Waals surface area contributed by atoms with Crippen molar-refractivity contribution in [1.29, 1.82) is 0 Å². The molecule has 7 nitrogen and oxygen atoms in total. The van der Waals surface area contributed by atoms with E-state index in [9.17, 15) is 14.0 Å². The van der Waals surface area contributed by atoms with Gasteiger partial charge >= 0.3 is 0 Å². The Morgan fingerprint density at radius 2 is 1.90 bits per heavy atom. The highest BCUT2D eigenvalue weighted by Gasteiger charge is 2.32. The standard InChI is InChI=1S/C22H17FN4O3S/c23-15-8-6-14(7-9-15)18-11-10-17(30-18)13-24-27-22-26-21(29)19(31-22)12-20(28)25-16-4-2-1-3-5-16/h1-11,13,19H,12H2,(H,25,28)(H,26,27,29)/b24-13+. The highest BCUT2D eigenvalue weighted by Crippen LogP contribution is 2.24. The molecule has 2 N–H and O–H groups in total. The van der Waals surface area contributed by atoms with Crippen LogP contribution in [-0.2, 0) is 9.59 Å². The van der Waals surface area contributed by atoms with Gasteiger partial charge in [0.25, 0.3) is 0 Å². The van der Waals surface area contributed by atoms with Gasteiger partial charge in [-0.3, -0.25) is 9.59 Å². The molecular formula is C22H17FN4O3S. The molecule has 1 unspecified atom stereocenters. The molecule has 1 aliphatic heterocycles. The van der Waals surface area contributed by atoms with Crippen LogP contribution in [0, 0.1) is 5.82 Å². The number of amidine groups is 1. The summed E-state index contributed by atoms with van der Waals surface area (Å²) in [7, 11) is 0. The van der Waals surface area contributed by atoms with Crippen molar-refractivity contribution in [3.63, 3.8) is 0 Å². The Morgan fingerprint density at radius 3 is 2.68 bits per heavy atom. The van der Waals surface area contributed by atoms with Crippen LogP contribution in [0.2, 0.25) is 0 Å². The lowest BCUT2D eigenvalue weighted by Gasteiger charge is -2.06. The Kier molecular flexibility index (Phi) is 6.23. The molecule has 1 saturated heterocycles. The minimum absolute atomic E-state index is 0.0212. The maximum atomic E-state index is 13.0. The van der Waals surface area contributed by atoms with Crippen LogP contribution in [0.4, 0.5) is 10.1 Å². The number of hydrogen-bond acceptors (Lipinski definition) is 6. The summed E-state index contributed by atoms with van der Waals surface area (Å²) in [6, 6.07) is 18.4. The van der Waals surface area contributed by atoms with Gasteiger partial charge in [0.15, 0.2) is 5.17 Å². The first-order chi connectivity index (χ1) is 15.1. The van der Waals surface area contributed by atoms with Crippen LogP contribution in [0.15, 0.2) is 81.4 Å². The molecule has 4 rings (SSSR count). The topological polar surface area (TPSA) is 96.1 Å². The first kappa shape index (κ1) is 20.5. The maximum absolute atomic E-state index is 13.0. The smallest absolute Gasteiger partial charge is 0.240 e. The van der Waals surface area contributed by atoms with Crippen LogP contribution in [-0.4, -0.2) is 28.4 Å². The molecule has 0 radical (unpaired) electrons. The molecule has 0 bridgehead atoms. The second-order valence-corrected chi connectivity index (χ2v) is 7.76. The molecule has 0 aliphatic carbocycles. The SMILES string of the molecule is O=C(CC1S/C(=N\N=C\c2ccc(-c3ccc(F)cc3)o2)NC1=O)Nc1ccccc1. The number of amides is 2. The predicted molar refractivity (Wildman–Crippen MR) is 118 cm³/mol. The fraction of sp³-hybridized carbons (Fsp3) is 0.0909. The van der Waals surface area contributed by atoms with Crippen LogP contribution in [0.3, 0.4) is 0 Å². The number of thioether (sulfide) groups is 1. The normalized spacial score (nSPS) is 17.3. The zero-order valence-electron chi connectivity index (χ0n) is 16.1. The van der Waals surface area contributed by atoms with Crippen molar-refractivity contribution < 1.29 is 18.4 Å². The fourth-order valence-electron chi connectivity index (χ4n) is 2.82. The van der Waals surface area contributed by atoms with E-state index >= 15 is 0 Å². The molecule has 1 aromatic heterocycles. The van der Waals surface area contributed by atoms with Gasteiger partial charge in [0, 0.05) is 17.7 Å². The molecule has 9 heteroatoms. The number of furan rings is 1. The van der Waals surface area contributed by atoms with E-state index in [1.54, 1.807) is 36.4 Å². The van der Waals surface area contributed by atoms with Gasteiger partial charge in [0.1, 0.15) is 22.6 Å². The maximum Gasteiger partial charge on any atom is 0.240 e. The summed E-state index contributed by atoms with van der Waals surface area (Å²) in [5.41, 5.74) is 1.41. The average Bonchev–Trinajstić information content (AvgIpc) is 3.36. The number of rotatable bonds is 6. The molecule has 2 amide bonds. The third kappa shape index (κ3) is 5.46. The van der Waals surface area contributed by atoms with E-state index in [0.717, 1.165) is 17.3 Å². The lowest BCUT2D eigenvalue weighted by Crippen LogP contribution is -2.28. The average molecular weight is 436 g/mol. The third-order valence-corrected chi connectivity index (χ3v) is 5.37. The summed E-state index contributed by atoms with van der Waals surface area (Å²) < 4.78 is 18.7. The number of para-hydroxylation sites is 1. The monoisotopic (exact) mass is 436 g/mol. The predicted octanol–water partition coefficient (Wildman–Crippen LogP) is 4.04. The van der Waals surface area contributed by atoms with E-state index < -0.39 is 5.25 Å². The van der Waals surface area contributed by atoms with Gasteiger partial charge in [-0.1, -0.05) is 30.0 Å². The van der Waals surface area contributed by atoms with Gasteiger partial charge in [-0.2, -0.15) is 5.10 Å². The first-order valence-electron chi connectivity index (χ1n) is 9.36. The minimum Gasteiger partial charge on any atom is -0.455 e. The highest BCUT2D eigenvalue weighted by molar-refractivity contribution is 8.15. The molecule has 1 aliphatic rings. The lowest BCUT2D eigenvalue weighted by molar-refractivity contribution is -0.122. The summed E-state index contributed by atoms with van der Waals surface area (Å²) >= 11 is 1.14. The highest BCUT2D eigenvalue weighted by atomic mass is 32.2. The molecule has 2 aromatic carbocycles. The second-order valence-electron chi connectivity index (χ2n) is 6.57. The number of carbonyl (C=O) groups is 2. The largest absolute Gasteiger partial charge is 0.455 e. The number of nitrogens with zero attached hydrogens (tertiary/aromatic N) is 2. The van der Waals surface area contributed by atoms with Crippen LogP contribution in [0.1, 0.15) is 12.2 Å². The summed E-state index contributed by atoms with van der Waals surface area (Å²) in [4.78, 5) is 24.3. The van der Waals surface area contributed by atoms with Crippen molar-refractivity contribution in [2.24, 2.45) is 10.2 Å². The number of nitrogens with one attached hydrogen (secondary N) is 2. The van der Waals surface area contributed by atoms with Crippen molar-refractivity contribution >= 4 is 40.6 Å². The molecule has 3 aromatic rings. The minimum atomic E-state index is -0.577. The molecule has 0 saturated carbocycles. The van der Waals surface area contributed by atoms with Gasteiger partial charge in [-0.05, 0) is 48.5 Å². The molecule has 31 heavy (non-hydrogen) atoms. The Labute approximate surface area is 181 Å².